The molecule has 0 saturated heterocycles. The molecule has 5 N–H and O–H groups in total. The van der Waals surface area contributed by atoms with E-state index in [9.17, 15) is 4.39 Å². The van der Waals surface area contributed by atoms with Crippen molar-refractivity contribution in [3.8, 4) is 0 Å². The van der Waals surface area contributed by atoms with E-state index in [0.29, 0.717) is 5.69 Å². The molecule has 0 aromatic heterocycles. The van der Waals surface area contributed by atoms with Gasteiger partial charge in [0.1, 0.15) is 5.82 Å². The first kappa shape index (κ1) is 13.2. The maximum absolute atomic E-state index is 12.0. The van der Waals surface area contributed by atoms with Crippen molar-refractivity contribution in [2.75, 3.05) is 12.3 Å². The number of aliphatic hydroxyl groups is 1. The van der Waals surface area contributed by atoms with Gasteiger partial charge in [0.15, 0.2) is 0 Å². The standard InChI is InChI=1S/C6H6FN.C4H8N2O/c7-5-1-3-6(8)4-2-5;1-3(5)4(6)2-7/h1-4H,8H2;5-7H,2H2,1H3. The molecule has 0 spiro atoms. The first-order valence-electron chi connectivity index (χ1n) is 4.22. The summed E-state index contributed by atoms with van der Waals surface area (Å²) in [6, 6.07) is 5.70. The van der Waals surface area contributed by atoms with Crippen LogP contribution in [0.1, 0.15) is 6.92 Å². The largest absolute Gasteiger partial charge is 0.399 e. The number of aliphatic hydroxyl groups excluding tert-OH is 1. The Kier molecular flexibility index (Phi) is 5.89. The maximum Gasteiger partial charge on any atom is 0.123 e. The molecule has 0 amide bonds. The van der Waals surface area contributed by atoms with Crippen LogP contribution in [0.4, 0.5) is 10.1 Å². The summed E-state index contributed by atoms with van der Waals surface area (Å²) in [5.74, 6) is -0.251. The Balaban J connectivity index is 0.000000265. The van der Waals surface area contributed by atoms with E-state index in [-0.39, 0.29) is 23.8 Å². The number of rotatable bonds is 2. The fourth-order valence-electron chi connectivity index (χ4n) is 0.581. The van der Waals surface area contributed by atoms with Crippen LogP contribution in [-0.2, 0) is 0 Å². The minimum Gasteiger partial charge on any atom is -0.399 e. The second kappa shape index (κ2) is 6.67. The second-order valence-electron chi connectivity index (χ2n) is 2.81. The van der Waals surface area contributed by atoms with Gasteiger partial charge in [-0.3, -0.25) is 0 Å². The molecule has 0 radical (unpaired) electrons. The van der Waals surface area contributed by atoms with Gasteiger partial charge in [-0.15, -0.1) is 0 Å². The highest BCUT2D eigenvalue weighted by Gasteiger charge is 1.92. The Morgan fingerprint density at radius 3 is 2.00 bits per heavy atom. The number of halogens is 1. The molecule has 0 fully saturated rings. The van der Waals surface area contributed by atoms with Crippen molar-refractivity contribution in [1.29, 1.82) is 10.8 Å². The second-order valence-corrected chi connectivity index (χ2v) is 2.81. The van der Waals surface area contributed by atoms with E-state index in [4.69, 9.17) is 21.7 Å². The lowest BCUT2D eigenvalue weighted by Gasteiger charge is -1.90. The van der Waals surface area contributed by atoms with Crippen LogP contribution in [0.15, 0.2) is 24.3 Å². The minimum atomic E-state index is -0.324. The molecule has 1 aromatic rings. The van der Waals surface area contributed by atoms with E-state index in [1.165, 1.54) is 31.2 Å². The predicted molar refractivity (Wildman–Crippen MR) is 59.0 cm³/mol. The van der Waals surface area contributed by atoms with Crippen LogP contribution in [0, 0.1) is 16.6 Å². The lowest BCUT2D eigenvalue weighted by Crippen LogP contribution is -2.11. The molecule has 0 aliphatic rings. The Hall–Kier alpha value is -1.75. The number of hydrogen-bond acceptors (Lipinski definition) is 4. The fourth-order valence-corrected chi connectivity index (χ4v) is 0.581. The van der Waals surface area contributed by atoms with Gasteiger partial charge in [-0.25, -0.2) is 4.39 Å². The molecule has 1 rings (SSSR count). The summed E-state index contributed by atoms with van der Waals surface area (Å²) in [6.45, 7) is 1.15. The zero-order valence-corrected chi connectivity index (χ0v) is 8.42. The van der Waals surface area contributed by atoms with Crippen LogP contribution < -0.4 is 5.73 Å². The summed E-state index contributed by atoms with van der Waals surface area (Å²) >= 11 is 0. The summed E-state index contributed by atoms with van der Waals surface area (Å²) in [5, 5.41) is 21.6. The number of hydrogen-bond donors (Lipinski definition) is 4. The highest BCUT2D eigenvalue weighted by atomic mass is 19.1. The lowest BCUT2D eigenvalue weighted by molar-refractivity contribution is 0.358. The first-order chi connectivity index (χ1) is 6.97. The van der Waals surface area contributed by atoms with Crippen LogP contribution in [-0.4, -0.2) is 23.1 Å². The van der Waals surface area contributed by atoms with E-state index in [1.54, 1.807) is 0 Å². The van der Waals surface area contributed by atoms with Crippen molar-refractivity contribution in [3.63, 3.8) is 0 Å². The van der Waals surface area contributed by atoms with Gasteiger partial charge in [0.25, 0.3) is 0 Å². The van der Waals surface area contributed by atoms with Crippen LogP contribution in [0.2, 0.25) is 0 Å². The molecule has 5 heteroatoms. The Morgan fingerprint density at radius 2 is 1.80 bits per heavy atom. The highest BCUT2D eigenvalue weighted by molar-refractivity contribution is 6.39. The Bertz CT molecular complexity index is 314. The summed E-state index contributed by atoms with van der Waals surface area (Å²) in [4.78, 5) is 0. The molecule has 1 aromatic carbocycles. The third-order valence-corrected chi connectivity index (χ3v) is 1.48. The van der Waals surface area contributed by atoms with E-state index < -0.39 is 0 Å². The average Bonchev–Trinajstić information content (AvgIpc) is 2.22. The van der Waals surface area contributed by atoms with Gasteiger partial charge in [-0.05, 0) is 31.2 Å². The van der Waals surface area contributed by atoms with Gasteiger partial charge in [-0.1, -0.05) is 0 Å². The molecule has 0 aliphatic heterocycles. The van der Waals surface area contributed by atoms with Crippen molar-refractivity contribution in [3.05, 3.63) is 30.1 Å². The number of nitrogens with one attached hydrogen (secondary N) is 2. The number of nitrogen functional groups attached to an aromatic ring is 1. The molecule has 0 saturated carbocycles. The third kappa shape index (κ3) is 6.34. The quantitative estimate of drug-likeness (QED) is 0.440. The Morgan fingerprint density at radius 1 is 1.33 bits per heavy atom. The van der Waals surface area contributed by atoms with E-state index in [2.05, 4.69) is 0 Å². The minimum absolute atomic E-state index is 0.0139. The van der Waals surface area contributed by atoms with E-state index in [0.717, 1.165) is 0 Å². The van der Waals surface area contributed by atoms with Crippen molar-refractivity contribution in [1.82, 2.24) is 0 Å². The molecule has 82 valence electrons. The van der Waals surface area contributed by atoms with E-state index >= 15 is 0 Å². The SMILES string of the molecule is CC(=N)C(=N)CO.Nc1ccc(F)cc1. The predicted octanol–water partition coefficient (Wildman–Crippen LogP) is 1.45. The summed E-state index contributed by atoms with van der Waals surface area (Å²) in [7, 11) is 0. The zero-order chi connectivity index (χ0) is 11.8. The number of benzene rings is 1. The molecular formula is C10H14FN3O. The molecule has 0 atom stereocenters. The maximum atomic E-state index is 12.0. The van der Waals surface area contributed by atoms with Gasteiger partial charge in [0, 0.05) is 5.69 Å². The number of nitrogens with two attached hydrogens (primary N) is 1. The monoisotopic (exact) mass is 211 g/mol. The summed E-state index contributed by atoms with van der Waals surface area (Å²) in [6.07, 6.45) is 0. The van der Waals surface area contributed by atoms with Crippen molar-refractivity contribution >= 4 is 17.1 Å². The van der Waals surface area contributed by atoms with Gasteiger partial charge in [0.2, 0.25) is 0 Å². The van der Waals surface area contributed by atoms with Gasteiger partial charge in [-0.2, -0.15) is 0 Å². The van der Waals surface area contributed by atoms with Crippen LogP contribution >= 0.6 is 0 Å². The van der Waals surface area contributed by atoms with E-state index in [1.807, 2.05) is 0 Å². The Labute approximate surface area is 87.6 Å². The summed E-state index contributed by atoms with van der Waals surface area (Å²) < 4.78 is 12.0. The van der Waals surface area contributed by atoms with Crippen LogP contribution in [0.3, 0.4) is 0 Å². The van der Waals surface area contributed by atoms with Crippen molar-refractivity contribution in [2.45, 2.75) is 6.92 Å². The molecule has 0 heterocycles. The van der Waals surface area contributed by atoms with Crippen molar-refractivity contribution < 1.29 is 9.50 Å². The first-order valence-corrected chi connectivity index (χ1v) is 4.22. The molecule has 0 aliphatic carbocycles. The molecule has 0 bridgehead atoms. The fraction of sp³-hybridized carbons (Fsp3) is 0.200. The molecular weight excluding hydrogens is 197 g/mol. The number of anilines is 1. The third-order valence-electron chi connectivity index (χ3n) is 1.48. The molecule has 4 nitrogen and oxygen atoms in total. The normalized spacial score (nSPS) is 8.73. The molecule has 0 unspecified atom stereocenters. The smallest absolute Gasteiger partial charge is 0.123 e. The van der Waals surface area contributed by atoms with Crippen molar-refractivity contribution in [2.24, 2.45) is 0 Å². The molecule has 15 heavy (non-hydrogen) atoms. The topological polar surface area (TPSA) is 94.0 Å². The highest BCUT2D eigenvalue weighted by Crippen LogP contribution is 2.01. The van der Waals surface area contributed by atoms with Gasteiger partial charge < -0.3 is 21.7 Å². The van der Waals surface area contributed by atoms with Gasteiger partial charge >= 0.3 is 0 Å². The zero-order valence-electron chi connectivity index (χ0n) is 8.42. The van der Waals surface area contributed by atoms with Crippen LogP contribution in [0.25, 0.3) is 0 Å². The summed E-state index contributed by atoms with van der Waals surface area (Å²) in [5.41, 5.74) is 5.96. The van der Waals surface area contributed by atoms with Gasteiger partial charge in [0.05, 0.1) is 18.0 Å². The average molecular weight is 211 g/mol. The lowest BCUT2D eigenvalue weighted by atomic mass is 10.3. The van der Waals surface area contributed by atoms with Crippen LogP contribution in [0.5, 0.6) is 0 Å².